The molecule has 0 saturated carbocycles. The standard InChI is InChI=1S/C11H6BrCl2N3O/c12-10-5-15-9(4-16-10)11(18)17-8-3-6(13)1-2-7(8)14/h1-5H,(H,17,18). The Morgan fingerprint density at radius 1 is 1.22 bits per heavy atom. The van der Waals surface area contributed by atoms with Gasteiger partial charge in [-0.2, -0.15) is 0 Å². The third kappa shape index (κ3) is 3.19. The van der Waals surface area contributed by atoms with Crippen molar-refractivity contribution in [2.24, 2.45) is 0 Å². The maximum atomic E-state index is 11.9. The zero-order valence-corrected chi connectivity index (χ0v) is 11.9. The van der Waals surface area contributed by atoms with Crippen molar-refractivity contribution in [2.75, 3.05) is 5.32 Å². The van der Waals surface area contributed by atoms with Gasteiger partial charge in [0.1, 0.15) is 10.3 Å². The average molecular weight is 347 g/mol. The minimum absolute atomic E-state index is 0.189. The Bertz CT molecular complexity index is 589. The van der Waals surface area contributed by atoms with E-state index in [9.17, 15) is 4.79 Å². The minimum Gasteiger partial charge on any atom is -0.319 e. The summed E-state index contributed by atoms with van der Waals surface area (Å²) in [7, 11) is 0. The molecule has 0 spiro atoms. The number of hydrogen-bond acceptors (Lipinski definition) is 3. The molecule has 0 unspecified atom stereocenters. The maximum absolute atomic E-state index is 11.9. The molecule has 0 aliphatic rings. The molecule has 0 radical (unpaired) electrons. The number of rotatable bonds is 2. The molecule has 1 aromatic carbocycles. The second-order valence-corrected chi connectivity index (χ2v) is 4.96. The molecule has 0 bridgehead atoms. The van der Waals surface area contributed by atoms with Gasteiger partial charge < -0.3 is 5.32 Å². The van der Waals surface area contributed by atoms with E-state index in [0.29, 0.717) is 20.3 Å². The predicted molar refractivity (Wildman–Crippen MR) is 74.1 cm³/mol. The molecule has 0 aliphatic carbocycles. The van der Waals surface area contributed by atoms with E-state index < -0.39 is 5.91 Å². The Morgan fingerprint density at radius 2 is 2.00 bits per heavy atom. The van der Waals surface area contributed by atoms with Crippen LogP contribution in [0.3, 0.4) is 0 Å². The highest BCUT2D eigenvalue weighted by atomic mass is 79.9. The molecule has 2 rings (SSSR count). The number of carbonyl (C=O) groups is 1. The normalized spacial score (nSPS) is 10.2. The van der Waals surface area contributed by atoms with Gasteiger partial charge in [0.25, 0.3) is 5.91 Å². The Morgan fingerprint density at radius 3 is 2.67 bits per heavy atom. The van der Waals surface area contributed by atoms with Gasteiger partial charge in [-0.1, -0.05) is 23.2 Å². The number of carbonyl (C=O) groups excluding carboxylic acids is 1. The number of halogens is 3. The zero-order chi connectivity index (χ0) is 13.1. The van der Waals surface area contributed by atoms with Gasteiger partial charge in [-0.25, -0.2) is 9.97 Å². The first-order chi connectivity index (χ1) is 8.56. The molecular formula is C11H6BrCl2N3O. The molecule has 18 heavy (non-hydrogen) atoms. The van der Waals surface area contributed by atoms with Crippen molar-refractivity contribution in [1.29, 1.82) is 0 Å². The zero-order valence-electron chi connectivity index (χ0n) is 8.82. The largest absolute Gasteiger partial charge is 0.319 e. The Hall–Kier alpha value is -1.17. The molecule has 0 aliphatic heterocycles. The van der Waals surface area contributed by atoms with Crippen LogP contribution in [-0.2, 0) is 0 Å². The molecule has 1 N–H and O–H groups in total. The van der Waals surface area contributed by atoms with Crippen LogP contribution in [0.2, 0.25) is 10.0 Å². The lowest BCUT2D eigenvalue weighted by molar-refractivity contribution is 0.102. The van der Waals surface area contributed by atoms with Gasteiger partial charge in [0, 0.05) is 5.02 Å². The Labute approximate surface area is 121 Å². The average Bonchev–Trinajstić information content (AvgIpc) is 2.34. The summed E-state index contributed by atoms with van der Waals surface area (Å²) in [6, 6.07) is 4.81. The van der Waals surface area contributed by atoms with Crippen molar-refractivity contribution in [2.45, 2.75) is 0 Å². The molecule has 0 atom stereocenters. The molecule has 0 saturated heterocycles. The number of aromatic nitrogens is 2. The molecule has 92 valence electrons. The SMILES string of the molecule is O=C(Nc1cc(Cl)ccc1Cl)c1cnc(Br)cn1. The van der Waals surface area contributed by atoms with Gasteiger partial charge in [-0.15, -0.1) is 0 Å². The van der Waals surface area contributed by atoms with Crippen molar-refractivity contribution >= 4 is 50.7 Å². The predicted octanol–water partition coefficient (Wildman–Crippen LogP) is 3.80. The van der Waals surface area contributed by atoms with Crippen molar-refractivity contribution in [1.82, 2.24) is 9.97 Å². The smallest absolute Gasteiger partial charge is 0.275 e. The van der Waals surface area contributed by atoms with E-state index in [1.165, 1.54) is 12.4 Å². The molecular weight excluding hydrogens is 341 g/mol. The first kappa shape index (κ1) is 13.3. The molecule has 4 nitrogen and oxygen atoms in total. The topological polar surface area (TPSA) is 54.9 Å². The summed E-state index contributed by atoms with van der Waals surface area (Å²) in [6.07, 6.45) is 2.80. The van der Waals surface area contributed by atoms with Gasteiger partial charge in [0.15, 0.2) is 0 Å². The van der Waals surface area contributed by atoms with E-state index >= 15 is 0 Å². The van der Waals surface area contributed by atoms with Gasteiger partial charge in [-0.3, -0.25) is 4.79 Å². The van der Waals surface area contributed by atoms with Crippen LogP contribution in [-0.4, -0.2) is 15.9 Å². The van der Waals surface area contributed by atoms with E-state index in [2.05, 4.69) is 31.2 Å². The second-order valence-electron chi connectivity index (χ2n) is 3.30. The van der Waals surface area contributed by atoms with Crippen LogP contribution in [0.15, 0.2) is 35.2 Å². The van der Waals surface area contributed by atoms with Crippen LogP contribution in [0.25, 0.3) is 0 Å². The van der Waals surface area contributed by atoms with Gasteiger partial charge >= 0.3 is 0 Å². The lowest BCUT2D eigenvalue weighted by atomic mass is 10.3. The molecule has 0 fully saturated rings. The highest BCUT2D eigenvalue weighted by Crippen LogP contribution is 2.25. The third-order valence-corrected chi connectivity index (χ3v) is 3.00. The van der Waals surface area contributed by atoms with Crippen molar-refractivity contribution in [3.8, 4) is 0 Å². The lowest BCUT2D eigenvalue weighted by Gasteiger charge is -2.06. The summed E-state index contributed by atoms with van der Waals surface area (Å²) in [4.78, 5) is 19.7. The van der Waals surface area contributed by atoms with E-state index in [0.717, 1.165) is 0 Å². The van der Waals surface area contributed by atoms with Crippen LogP contribution < -0.4 is 5.32 Å². The molecule has 1 heterocycles. The van der Waals surface area contributed by atoms with E-state index in [1.807, 2.05) is 0 Å². The van der Waals surface area contributed by atoms with E-state index in [4.69, 9.17) is 23.2 Å². The lowest BCUT2D eigenvalue weighted by Crippen LogP contribution is -2.14. The first-order valence-corrected chi connectivity index (χ1v) is 6.35. The van der Waals surface area contributed by atoms with Crippen molar-refractivity contribution in [3.05, 3.63) is 50.9 Å². The Kier molecular flexibility index (Phi) is 4.16. The molecule has 2 aromatic rings. The summed E-state index contributed by atoms with van der Waals surface area (Å²) in [5.41, 5.74) is 0.619. The number of anilines is 1. The minimum atomic E-state index is -0.404. The number of hydrogen-bond donors (Lipinski definition) is 1. The fourth-order valence-electron chi connectivity index (χ4n) is 1.21. The highest BCUT2D eigenvalue weighted by Gasteiger charge is 2.10. The number of benzene rings is 1. The van der Waals surface area contributed by atoms with Crippen LogP contribution in [0.5, 0.6) is 0 Å². The molecule has 7 heteroatoms. The summed E-state index contributed by atoms with van der Waals surface area (Å²) in [5.74, 6) is -0.404. The quantitative estimate of drug-likeness (QED) is 0.899. The number of nitrogens with one attached hydrogen (secondary N) is 1. The molecule has 1 amide bonds. The van der Waals surface area contributed by atoms with Crippen molar-refractivity contribution in [3.63, 3.8) is 0 Å². The van der Waals surface area contributed by atoms with Crippen LogP contribution in [0, 0.1) is 0 Å². The van der Waals surface area contributed by atoms with E-state index in [-0.39, 0.29) is 5.69 Å². The fraction of sp³-hybridized carbons (Fsp3) is 0. The van der Waals surface area contributed by atoms with Crippen LogP contribution in [0.4, 0.5) is 5.69 Å². The summed E-state index contributed by atoms with van der Waals surface area (Å²) >= 11 is 14.9. The number of nitrogens with zero attached hydrogens (tertiary/aromatic N) is 2. The van der Waals surface area contributed by atoms with Gasteiger partial charge in [0.05, 0.1) is 23.1 Å². The van der Waals surface area contributed by atoms with Crippen molar-refractivity contribution < 1.29 is 4.79 Å². The van der Waals surface area contributed by atoms with Gasteiger partial charge in [-0.05, 0) is 34.1 Å². The summed E-state index contributed by atoms with van der Waals surface area (Å²) < 4.78 is 0.555. The maximum Gasteiger partial charge on any atom is 0.275 e. The fourth-order valence-corrected chi connectivity index (χ4v) is 1.75. The van der Waals surface area contributed by atoms with Crippen LogP contribution >= 0.6 is 39.1 Å². The Balaban J connectivity index is 2.21. The number of amides is 1. The highest BCUT2D eigenvalue weighted by molar-refractivity contribution is 9.10. The third-order valence-electron chi connectivity index (χ3n) is 2.03. The van der Waals surface area contributed by atoms with Gasteiger partial charge in [0.2, 0.25) is 0 Å². The second kappa shape index (κ2) is 5.65. The monoisotopic (exact) mass is 345 g/mol. The summed E-state index contributed by atoms with van der Waals surface area (Å²) in [5, 5.41) is 3.50. The summed E-state index contributed by atoms with van der Waals surface area (Å²) in [6.45, 7) is 0. The van der Waals surface area contributed by atoms with E-state index in [1.54, 1.807) is 18.2 Å². The van der Waals surface area contributed by atoms with Crippen LogP contribution in [0.1, 0.15) is 10.5 Å². The molecule has 1 aromatic heterocycles. The first-order valence-electron chi connectivity index (χ1n) is 4.80.